The van der Waals surface area contributed by atoms with E-state index < -0.39 is 5.60 Å². The van der Waals surface area contributed by atoms with Gasteiger partial charge in [-0.05, 0) is 112 Å². The van der Waals surface area contributed by atoms with Crippen molar-refractivity contribution in [2.75, 3.05) is 6.61 Å². The van der Waals surface area contributed by atoms with E-state index in [2.05, 4.69) is 26.3 Å². The first-order chi connectivity index (χ1) is 14.8. The van der Waals surface area contributed by atoms with Gasteiger partial charge in [0.1, 0.15) is 0 Å². The molecule has 6 rings (SSSR count). The fourth-order valence-electron chi connectivity index (χ4n) is 9.69. The molecule has 4 saturated carbocycles. The van der Waals surface area contributed by atoms with Crippen LogP contribution in [0.2, 0.25) is 0 Å². The maximum atomic E-state index is 11.8. The van der Waals surface area contributed by atoms with Crippen LogP contribution in [0.25, 0.3) is 0 Å². The molecule has 0 aromatic carbocycles. The van der Waals surface area contributed by atoms with Gasteiger partial charge in [-0.25, -0.2) is 0 Å². The molecule has 172 valence electrons. The van der Waals surface area contributed by atoms with Crippen molar-refractivity contribution in [2.24, 2.45) is 39.9 Å². The molecule has 31 heavy (non-hydrogen) atoms. The molecular formula is C29H44O2. The Morgan fingerprint density at radius 2 is 1.81 bits per heavy atom. The molecular weight excluding hydrogens is 380 g/mol. The molecule has 0 aromatic heterocycles. The van der Waals surface area contributed by atoms with E-state index in [4.69, 9.17) is 11.7 Å². The molecule has 2 heteroatoms. The maximum Gasteiger partial charge on any atom is 0.0871 e. The largest absolute Gasteiger partial charge is 0.389 e. The second-order valence-electron chi connectivity index (χ2n) is 13.0. The molecule has 2 nitrogen and oxygen atoms in total. The third kappa shape index (κ3) is 2.95. The summed E-state index contributed by atoms with van der Waals surface area (Å²) in [4.78, 5) is 0. The third-order valence-corrected chi connectivity index (χ3v) is 12.0. The van der Waals surface area contributed by atoms with E-state index in [0.29, 0.717) is 22.9 Å². The summed E-state index contributed by atoms with van der Waals surface area (Å²) >= 11 is 0. The number of rotatable bonds is 2. The van der Waals surface area contributed by atoms with Crippen LogP contribution in [0.5, 0.6) is 0 Å². The summed E-state index contributed by atoms with van der Waals surface area (Å²) < 4.78 is 5.84. The Hall–Kier alpha value is -0.340. The molecule has 2 radical (unpaired) electrons. The van der Waals surface area contributed by atoms with Gasteiger partial charge in [0.2, 0.25) is 0 Å². The van der Waals surface area contributed by atoms with Crippen LogP contribution in [-0.4, -0.2) is 23.4 Å². The Morgan fingerprint density at radius 1 is 1.00 bits per heavy atom. The number of ether oxygens (including phenoxy) is 1. The first kappa shape index (κ1) is 21.2. The number of aliphatic hydroxyl groups is 1. The molecule has 5 aliphatic carbocycles. The lowest BCUT2D eigenvalue weighted by atomic mass is 9.44. The number of allylic oxidation sites excluding steroid dienone is 1. The predicted octanol–water partition coefficient (Wildman–Crippen LogP) is 6.68. The minimum atomic E-state index is -0.457. The smallest absolute Gasteiger partial charge is 0.0871 e. The fraction of sp³-hybridized carbons (Fsp3) is 0.862. The van der Waals surface area contributed by atoms with Gasteiger partial charge in [-0.15, -0.1) is 0 Å². The van der Waals surface area contributed by atoms with E-state index in [1.807, 2.05) is 0 Å². The van der Waals surface area contributed by atoms with Gasteiger partial charge >= 0.3 is 0 Å². The van der Waals surface area contributed by atoms with Crippen molar-refractivity contribution in [2.45, 2.75) is 109 Å². The molecule has 1 heterocycles. The van der Waals surface area contributed by atoms with Gasteiger partial charge in [0.25, 0.3) is 0 Å². The highest BCUT2D eigenvalue weighted by Gasteiger charge is 2.66. The Kier molecular flexibility index (Phi) is 4.84. The zero-order valence-corrected chi connectivity index (χ0v) is 20.0. The summed E-state index contributed by atoms with van der Waals surface area (Å²) in [7, 11) is 0. The standard InChI is InChI=1S/C29H44O2/c1-26-16-17-29(30,20-8-6-4-5-7-9-20)18-21(26)10-11-22-23(26)12-14-27(2)24(22)13-15-28(27,3)25-19-31-25/h6,10,20,22-25,30H,3-5,7-9,11-19H2,1-2H3/t20?,22?,23?,24?,25?,26-,27-,28-,29-/m0/s1. The van der Waals surface area contributed by atoms with E-state index in [-0.39, 0.29) is 5.41 Å². The second-order valence-corrected chi connectivity index (χ2v) is 13.0. The molecule has 1 aliphatic heterocycles. The second kappa shape index (κ2) is 7.08. The SMILES string of the molecule is [CH2][C@@]1(C2CO2)CCC2C3CC=C4C[C@](O)(C5C[CH]CCCC5)CC[C@]4(C)C3CC[C@@]21C. The van der Waals surface area contributed by atoms with Gasteiger partial charge in [0.15, 0.2) is 0 Å². The van der Waals surface area contributed by atoms with Crippen LogP contribution in [0.1, 0.15) is 97.3 Å². The summed E-state index contributed by atoms with van der Waals surface area (Å²) in [6.45, 7) is 10.9. The summed E-state index contributed by atoms with van der Waals surface area (Å²) in [6.07, 6.45) is 21.4. The van der Waals surface area contributed by atoms with Crippen LogP contribution in [0.4, 0.5) is 0 Å². The minimum absolute atomic E-state index is 0.149. The molecule has 0 aromatic rings. The average molecular weight is 425 g/mol. The van der Waals surface area contributed by atoms with Crippen LogP contribution >= 0.6 is 0 Å². The minimum Gasteiger partial charge on any atom is -0.389 e. The summed E-state index contributed by atoms with van der Waals surface area (Å²) in [5, 5.41) is 11.8. The topological polar surface area (TPSA) is 32.8 Å². The number of hydrogen-bond donors (Lipinski definition) is 1. The predicted molar refractivity (Wildman–Crippen MR) is 125 cm³/mol. The van der Waals surface area contributed by atoms with Gasteiger partial charge in [0, 0.05) is 5.41 Å². The van der Waals surface area contributed by atoms with E-state index in [1.54, 1.807) is 5.57 Å². The lowest BCUT2D eigenvalue weighted by Gasteiger charge is -2.60. The molecule has 1 N–H and O–H groups in total. The van der Waals surface area contributed by atoms with Crippen LogP contribution in [0, 0.1) is 53.3 Å². The zero-order valence-electron chi connectivity index (χ0n) is 20.0. The fourth-order valence-corrected chi connectivity index (χ4v) is 9.69. The monoisotopic (exact) mass is 424 g/mol. The number of fused-ring (bicyclic) bond motifs is 5. The van der Waals surface area contributed by atoms with Crippen molar-refractivity contribution in [3.63, 3.8) is 0 Å². The summed E-state index contributed by atoms with van der Waals surface area (Å²) in [6, 6.07) is 0. The van der Waals surface area contributed by atoms with Gasteiger partial charge in [-0.3, -0.25) is 0 Å². The van der Waals surface area contributed by atoms with Gasteiger partial charge in [-0.1, -0.05) is 44.8 Å². The Bertz CT molecular complexity index is 746. The van der Waals surface area contributed by atoms with Crippen LogP contribution < -0.4 is 0 Å². The van der Waals surface area contributed by atoms with Gasteiger partial charge < -0.3 is 9.84 Å². The summed E-state index contributed by atoms with van der Waals surface area (Å²) in [5.41, 5.74) is 1.98. The molecule has 6 aliphatic rings. The summed E-state index contributed by atoms with van der Waals surface area (Å²) in [5.74, 6) is 2.90. The molecule has 1 saturated heterocycles. The molecule has 5 fully saturated rings. The molecule has 5 unspecified atom stereocenters. The average Bonchev–Trinajstić information content (AvgIpc) is 3.58. The van der Waals surface area contributed by atoms with Crippen LogP contribution in [0.3, 0.4) is 0 Å². The maximum absolute atomic E-state index is 11.8. The molecule has 0 amide bonds. The van der Waals surface area contributed by atoms with Crippen LogP contribution in [0.15, 0.2) is 11.6 Å². The number of hydrogen-bond acceptors (Lipinski definition) is 2. The quantitative estimate of drug-likeness (QED) is 0.304. The van der Waals surface area contributed by atoms with Gasteiger partial charge in [-0.2, -0.15) is 0 Å². The highest BCUT2D eigenvalue weighted by atomic mass is 16.6. The molecule has 0 spiro atoms. The first-order valence-corrected chi connectivity index (χ1v) is 13.5. The highest BCUT2D eigenvalue weighted by Crippen LogP contribution is 2.71. The molecule has 9 atom stereocenters. The lowest BCUT2D eigenvalue weighted by molar-refractivity contribution is -0.0994. The molecule has 0 bridgehead atoms. The van der Waals surface area contributed by atoms with Gasteiger partial charge in [0.05, 0.1) is 18.3 Å². The Morgan fingerprint density at radius 3 is 2.61 bits per heavy atom. The van der Waals surface area contributed by atoms with Crippen molar-refractivity contribution in [1.82, 2.24) is 0 Å². The van der Waals surface area contributed by atoms with Crippen LogP contribution in [-0.2, 0) is 4.74 Å². The van der Waals surface area contributed by atoms with E-state index in [0.717, 1.165) is 43.6 Å². The number of epoxide rings is 1. The first-order valence-electron chi connectivity index (χ1n) is 13.5. The van der Waals surface area contributed by atoms with Crippen molar-refractivity contribution in [1.29, 1.82) is 0 Å². The normalized spacial score (nSPS) is 54.9. The Labute approximate surface area is 190 Å². The van der Waals surface area contributed by atoms with E-state index in [1.165, 1.54) is 64.2 Å². The Balaban J connectivity index is 1.26. The third-order valence-electron chi connectivity index (χ3n) is 12.0. The van der Waals surface area contributed by atoms with Crippen molar-refractivity contribution in [3.8, 4) is 0 Å². The lowest BCUT2D eigenvalue weighted by Crippen LogP contribution is -2.55. The van der Waals surface area contributed by atoms with E-state index >= 15 is 0 Å². The zero-order chi connectivity index (χ0) is 21.5. The highest BCUT2D eigenvalue weighted by molar-refractivity contribution is 5.28. The van der Waals surface area contributed by atoms with Crippen molar-refractivity contribution in [3.05, 3.63) is 25.0 Å². The van der Waals surface area contributed by atoms with Crippen molar-refractivity contribution >= 4 is 0 Å². The van der Waals surface area contributed by atoms with Crippen molar-refractivity contribution < 1.29 is 9.84 Å². The van der Waals surface area contributed by atoms with E-state index in [9.17, 15) is 5.11 Å².